The van der Waals surface area contributed by atoms with Crippen LogP contribution in [0, 0.1) is 11.8 Å². The number of hydrogen-bond donors (Lipinski definition) is 3. The van der Waals surface area contributed by atoms with Gasteiger partial charge in [-0.2, -0.15) is 0 Å². The third-order valence-electron chi connectivity index (χ3n) is 3.81. The number of primary amides is 1. The topological polar surface area (TPSA) is 105 Å². The van der Waals surface area contributed by atoms with Crippen molar-refractivity contribution in [2.75, 3.05) is 11.9 Å². The zero-order valence-corrected chi connectivity index (χ0v) is 11.2. The van der Waals surface area contributed by atoms with Crippen molar-refractivity contribution in [1.82, 2.24) is 4.98 Å². The standard InChI is InChI=1S/C14H19N3O3/c15-13(18)12-7-10(5-6-16-12)17-8-9-3-1-2-4-11(9)14(19)20/h5-7,9,11H,1-4,8H2,(H2,15,18)(H,16,17)(H,19,20). The molecule has 0 radical (unpaired) electrons. The summed E-state index contributed by atoms with van der Waals surface area (Å²) in [5.41, 5.74) is 6.12. The summed E-state index contributed by atoms with van der Waals surface area (Å²) in [6.45, 7) is 0.583. The lowest BCUT2D eigenvalue weighted by atomic mass is 9.79. The Balaban J connectivity index is 1.98. The van der Waals surface area contributed by atoms with E-state index in [9.17, 15) is 14.7 Å². The predicted octanol–water partition coefficient (Wildman–Crippen LogP) is 1.48. The largest absolute Gasteiger partial charge is 0.481 e. The van der Waals surface area contributed by atoms with Crippen molar-refractivity contribution in [3.63, 3.8) is 0 Å². The highest BCUT2D eigenvalue weighted by Crippen LogP contribution is 2.30. The molecule has 1 saturated carbocycles. The third kappa shape index (κ3) is 3.46. The zero-order chi connectivity index (χ0) is 14.5. The van der Waals surface area contributed by atoms with Gasteiger partial charge in [0, 0.05) is 18.4 Å². The van der Waals surface area contributed by atoms with Gasteiger partial charge >= 0.3 is 5.97 Å². The summed E-state index contributed by atoms with van der Waals surface area (Å²) in [5.74, 6) is -1.46. The van der Waals surface area contributed by atoms with E-state index in [-0.39, 0.29) is 17.5 Å². The second-order valence-electron chi connectivity index (χ2n) is 5.16. The van der Waals surface area contributed by atoms with Crippen molar-refractivity contribution >= 4 is 17.6 Å². The summed E-state index contributed by atoms with van der Waals surface area (Å²) in [6.07, 6.45) is 5.22. The number of amides is 1. The first-order valence-electron chi connectivity index (χ1n) is 6.80. The summed E-state index contributed by atoms with van der Waals surface area (Å²) in [7, 11) is 0. The van der Waals surface area contributed by atoms with Crippen molar-refractivity contribution < 1.29 is 14.7 Å². The molecule has 0 aromatic carbocycles. The number of hydrogen-bond acceptors (Lipinski definition) is 4. The molecule has 1 aromatic rings. The van der Waals surface area contributed by atoms with Gasteiger partial charge < -0.3 is 16.2 Å². The Bertz CT molecular complexity index is 504. The van der Waals surface area contributed by atoms with E-state index in [2.05, 4.69) is 10.3 Å². The van der Waals surface area contributed by atoms with Crippen molar-refractivity contribution in [3.05, 3.63) is 24.0 Å². The maximum Gasteiger partial charge on any atom is 0.306 e. The fourth-order valence-electron chi connectivity index (χ4n) is 2.70. The molecule has 4 N–H and O–H groups in total. The fourth-order valence-corrected chi connectivity index (χ4v) is 2.70. The minimum absolute atomic E-state index is 0.117. The summed E-state index contributed by atoms with van der Waals surface area (Å²) in [5, 5.41) is 12.4. The van der Waals surface area contributed by atoms with E-state index in [1.165, 1.54) is 6.20 Å². The van der Waals surface area contributed by atoms with Crippen LogP contribution in [0.2, 0.25) is 0 Å². The average Bonchev–Trinajstić information content (AvgIpc) is 2.45. The highest BCUT2D eigenvalue weighted by Gasteiger charge is 2.30. The van der Waals surface area contributed by atoms with Gasteiger partial charge in [0.1, 0.15) is 5.69 Å². The maximum absolute atomic E-state index is 11.2. The lowest BCUT2D eigenvalue weighted by Crippen LogP contribution is -2.31. The van der Waals surface area contributed by atoms with Crippen molar-refractivity contribution in [2.45, 2.75) is 25.7 Å². The molecule has 2 rings (SSSR count). The number of nitrogens with zero attached hydrogens (tertiary/aromatic N) is 1. The van der Waals surface area contributed by atoms with Gasteiger partial charge in [-0.1, -0.05) is 12.8 Å². The summed E-state index contributed by atoms with van der Waals surface area (Å²) in [4.78, 5) is 26.1. The van der Waals surface area contributed by atoms with Crippen LogP contribution in [0.15, 0.2) is 18.3 Å². The Morgan fingerprint density at radius 1 is 1.40 bits per heavy atom. The second-order valence-corrected chi connectivity index (χ2v) is 5.16. The van der Waals surface area contributed by atoms with Gasteiger partial charge in [-0.25, -0.2) is 0 Å². The van der Waals surface area contributed by atoms with Gasteiger partial charge in [0.15, 0.2) is 0 Å². The van der Waals surface area contributed by atoms with Gasteiger partial charge in [0.05, 0.1) is 5.92 Å². The highest BCUT2D eigenvalue weighted by molar-refractivity contribution is 5.91. The number of carbonyl (C=O) groups excluding carboxylic acids is 1. The third-order valence-corrected chi connectivity index (χ3v) is 3.81. The van der Waals surface area contributed by atoms with Crippen LogP contribution in [0.25, 0.3) is 0 Å². The van der Waals surface area contributed by atoms with E-state index < -0.39 is 11.9 Å². The Kier molecular flexibility index (Phi) is 4.55. The van der Waals surface area contributed by atoms with Crippen LogP contribution < -0.4 is 11.1 Å². The van der Waals surface area contributed by atoms with E-state index in [0.29, 0.717) is 6.54 Å². The van der Waals surface area contributed by atoms with Crippen LogP contribution in [0.5, 0.6) is 0 Å². The lowest BCUT2D eigenvalue weighted by molar-refractivity contribution is -0.144. The molecule has 1 heterocycles. The Morgan fingerprint density at radius 2 is 2.15 bits per heavy atom. The molecule has 1 aliphatic carbocycles. The monoisotopic (exact) mass is 277 g/mol. The molecule has 0 aliphatic heterocycles. The molecule has 6 heteroatoms. The average molecular weight is 277 g/mol. The van der Waals surface area contributed by atoms with Crippen LogP contribution >= 0.6 is 0 Å². The lowest BCUT2D eigenvalue weighted by Gasteiger charge is -2.28. The molecule has 0 spiro atoms. The van der Waals surface area contributed by atoms with E-state index in [1.54, 1.807) is 12.1 Å². The van der Waals surface area contributed by atoms with Crippen molar-refractivity contribution in [1.29, 1.82) is 0 Å². The molecule has 1 aromatic heterocycles. The number of carbonyl (C=O) groups is 2. The second kappa shape index (κ2) is 6.36. The van der Waals surface area contributed by atoms with Gasteiger partial charge in [0.2, 0.25) is 0 Å². The van der Waals surface area contributed by atoms with E-state index in [4.69, 9.17) is 5.73 Å². The fraction of sp³-hybridized carbons (Fsp3) is 0.500. The first kappa shape index (κ1) is 14.3. The number of aliphatic carboxylic acids is 1. The molecule has 2 atom stereocenters. The number of pyridine rings is 1. The minimum atomic E-state index is -0.718. The summed E-state index contributed by atoms with van der Waals surface area (Å²) in [6, 6.07) is 3.33. The number of anilines is 1. The Morgan fingerprint density at radius 3 is 2.85 bits per heavy atom. The number of carboxylic acids is 1. The normalized spacial score (nSPS) is 22.2. The van der Waals surface area contributed by atoms with Crippen molar-refractivity contribution in [3.8, 4) is 0 Å². The quantitative estimate of drug-likeness (QED) is 0.756. The molecular weight excluding hydrogens is 258 g/mol. The molecule has 2 unspecified atom stereocenters. The smallest absolute Gasteiger partial charge is 0.306 e. The SMILES string of the molecule is NC(=O)c1cc(NCC2CCCCC2C(=O)O)ccn1. The van der Waals surface area contributed by atoms with Crippen LogP contribution in [0.1, 0.15) is 36.2 Å². The molecule has 0 saturated heterocycles. The van der Waals surface area contributed by atoms with Gasteiger partial charge in [0.25, 0.3) is 5.91 Å². The van der Waals surface area contributed by atoms with Gasteiger partial charge in [-0.15, -0.1) is 0 Å². The molecule has 1 amide bonds. The number of nitrogens with one attached hydrogen (secondary N) is 1. The minimum Gasteiger partial charge on any atom is -0.481 e. The summed E-state index contributed by atoms with van der Waals surface area (Å²) < 4.78 is 0. The van der Waals surface area contributed by atoms with E-state index >= 15 is 0 Å². The van der Waals surface area contributed by atoms with Gasteiger partial charge in [-0.05, 0) is 30.9 Å². The Labute approximate surface area is 117 Å². The van der Waals surface area contributed by atoms with Crippen LogP contribution in [0.4, 0.5) is 5.69 Å². The van der Waals surface area contributed by atoms with E-state index in [0.717, 1.165) is 31.4 Å². The first-order chi connectivity index (χ1) is 9.58. The number of carboxylic acid groups (broad SMARTS) is 1. The Hall–Kier alpha value is -2.11. The number of rotatable bonds is 5. The van der Waals surface area contributed by atoms with Crippen LogP contribution in [-0.2, 0) is 4.79 Å². The molecular formula is C14H19N3O3. The number of aromatic nitrogens is 1. The molecule has 6 nitrogen and oxygen atoms in total. The highest BCUT2D eigenvalue weighted by atomic mass is 16.4. The number of nitrogens with two attached hydrogens (primary N) is 1. The van der Waals surface area contributed by atoms with Crippen LogP contribution in [-0.4, -0.2) is 28.5 Å². The molecule has 1 fully saturated rings. The van der Waals surface area contributed by atoms with Gasteiger partial charge in [-0.3, -0.25) is 14.6 Å². The first-order valence-corrected chi connectivity index (χ1v) is 6.80. The molecule has 108 valence electrons. The van der Waals surface area contributed by atoms with Crippen molar-refractivity contribution in [2.24, 2.45) is 17.6 Å². The summed E-state index contributed by atoms with van der Waals surface area (Å²) >= 11 is 0. The molecule has 20 heavy (non-hydrogen) atoms. The van der Waals surface area contributed by atoms with E-state index in [1.807, 2.05) is 0 Å². The zero-order valence-electron chi connectivity index (χ0n) is 11.2. The molecule has 0 bridgehead atoms. The maximum atomic E-state index is 11.2. The van der Waals surface area contributed by atoms with Crippen LogP contribution in [0.3, 0.4) is 0 Å². The molecule has 1 aliphatic rings. The predicted molar refractivity (Wildman–Crippen MR) is 74.3 cm³/mol.